The monoisotopic (exact) mass is 659 g/mol. The van der Waals surface area contributed by atoms with Crippen LogP contribution in [0.25, 0.3) is 0 Å². The van der Waals surface area contributed by atoms with E-state index >= 15 is 0 Å². The molecule has 1 unspecified atom stereocenters. The number of hydrogen-bond donors (Lipinski definition) is 1. The topological polar surface area (TPSA) is 99.0 Å². The van der Waals surface area contributed by atoms with E-state index in [9.17, 15) is 22.8 Å². The smallest absolute Gasteiger partial charge is 0.419 e. The van der Waals surface area contributed by atoms with Crippen LogP contribution < -0.4 is 14.5 Å². The number of nitriles is 1. The van der Waals surface area contributed by atoms with Gasteiger partial charge in [-0.25, -0.2) is 9.78 Å². The van der Waals surface area contributed by atoms with Crippen LogP contribution in [0.2, 0.25) is 0 Å². The van der Waals surface area contributed by atoms with Crippen molar-refractivity contribution in [3.05, 3.63) is 47.3 Å². The van der Waals surface area contributed by atoms with Crippen molar-refractivity contribution in [1.82, 2.24) is 9.88 Å². The molecule has 3 fully saturated rings. The summed E-state index contributed by atoms with van der Waals surface area (Å²) >= 11 is 4.76. The summed E-state index contributed by atoms with van der Waals surface area (Å²) < 4.78 is 52.9. The molecular weight excluding hydrogens is 619 g/mol. The first-order valence-corrected chi connectivity index (χ1v) is 16.2. The van der Waals surface area contributed by atoms with Crippen LogP contribution in [0.15, 0.2) is 30.5 Å². The number of alkyl halides is 3. The van der Waals surface area contributed by atoms with Crippen LogP contribution in [0.5, 0.6) is 5.75 Å². The number of anilines is 2. The van der Waals surface area contributed by atoms with Gasteiger partial charge in [-0.1, -0.05) is 6.92 Å². The number of nitrogens with zero attached hydrogens (tertiary/aromatic N) is 5. The molecule has 2 saturated heterocycles. The van der Waals surface area contributed by atoms with Crippen LogP contribution in [0.3, 0.4) is 0 Å². The summed E-state index contributed by atoms with van der Waals surface area (Å²) in [7, 11) is 0. The van der Waals surface area contributed by atoms with E-state index in [0.29, 0.717) is 44.9 Å². The van der Waals surface area contributed by atoms with E-state index in [-0.39, 0.29) is 17.7 Å². The fraction of sp³-hybridized carbons (Fsp3) is 0.576. The average molecular weight is 660 g/mol. The van der Waals surface area contributed by atoms with E-state index in [1.165, 1.54) is 11.0 Å². The molecule has 1 aromatic carbocycles. The van der Waals surface area contributed by atoms with Crippen molar-refractivity contribution in [2.75, 3.05) is 29.5 Å². The van der Waals surface area contributed by atoms with Gasteiger partial charge in [-0.3, -0.25) is 9.69 Å². The Balaban J connectivity index is 1.28. The van der Waals surface area contributed by atoms with E-state index in [4.69, 9.17) is 27.4 Å². The van der Waals surface area contributed by atoms with E-state index in [0.717, 1.165) is 54.9 Å². The molecule has 1 spiro atoms. The first-order valence-electron chi connectivity index (χ1n) is 15.7. The van der Waals surface area contributed by atoms with Crippen molar-refractivity contribution in [3.8, 4) is 11.8 Å². The highest BCUT2D eigenvalue weighted by molar-refractivity contribution is 7.81. The number of carbonyl (C=O) groups is 2. The van der Waals surface area contributed by atoms with E-state index in [1.54, 1.807) is 4.90 Å². The van der Waals surface area contributed by atoms with Gasteiger partial charge in [0.05, 0.1) is 24.1 Å². The lowest BCUT2D eigenvalue weighted by molar-refractivity contribution is -0.138. The maximum Gasteiger partial charge on any atom is 0.419 e. The van der Waals surface area contributed by atoms with Crippen molar-refractivity contribution in [1.29, 1.82) is 5.26 Å². The number of aromatic nitrogens is 1. The molecule has 13 heteroatoms. The molecule has 1 aliphatic carbocycles. The molecule has 1 atom stereocenters. The molecule has 248 valence electrons. The zero-order chi connectivity index (χ0) is 33.4. The van der Waals surface area contributed by atoms with Crippen LogP contribution >= 0.6 is 12.6 Å². The Morgan fingerprint density at radius 3 is 2.41 bits per heavy atom. The number of pyridine rings is 1. The molecule has 5 rings (SSSR count). The first kappa shape index (κ1) is 33.7. The number of aryl methyl sites for hydroxylation is 1. The standard InChI is InChI=1S/C33H40F3N5O4S/c1-5-22-17-23(7-8-27(22)44-16-11-21-9-14-39(15-10-21)30(43)45-31(2,3)4)41-29(46)40(28(42)32(41)12-6-13-32)24-18-25(33(34,35)36)26(19-37)38-20-24/h7-8,17-18,20-21,29,46H,5-6,9-16H2,1-4H3. The molecule has 2 aromatic rings. The van der Waals surface area contributed by atoms with Gasteiger partial charge < -0.3 is 19.3 Å². The van der Waals surface area contributed by atoms with Gasteiger partial charge in [0.25, 0.3) is 5.91 Å². The number of likely N-dealkylation sites (tertiary alicyclic amines) is 1. The van der Waals surface area contributed by atoms with Gasteiger partial charge in [-0.05, 0) is 101 Å². The predicted octanol–water partition coefficient (Wildman–Crippen LogP) is 6.94. The lowest BCUT2D eigenvalue weighted by Crippen LogP contribution is -2.55. The van der Waals surface area contributed by atoms with Crippen LogP contribution in [0.4, 0.5) is 29.3 Å². The van der Waals surface area contributed by atoms with Crippen molar-refractivity contribution in [3.63, 3.8) is 0 Å². The number of ether oxygens (including phenoxy) is 2. The number of thiol groups is 1. The number of piperidine rings is 1. The highest BCUT2D eigenvalue weighted by Gasteiger charge is 2.60. The number of carbonyl (C=O) groups excluding carboxylic acids is 2. The number of halogens is 3. The number of benzene rings is 1. The van der Waals surface area contributed by atoms with Gasteiger partial charge >= 0.3 is 12.3 Å². The highest BCUT2D eigenvalue weighted by atomic mass is 32.1. The van der Waals surface area contributed by atoms with Crippen LogP contribution in [-0.4, -0.2) is 58.2 Å². The molecular formula is C33H40F3N5O4S. The molecule has 3 aliphatic rings. The summed E-state index contributed by atoms with van der Waals surface area (Å²) in [5, 5.41) is 9.17. The molecule has 9 nitrogen and oxygen atoms in total. The molecule has 1 aromatic heterocycles. The minimum Gasteiger partial charge on any atom is -0.493 e. The van der Waals surface area contributed by atoms with Crippen LogP contribution in [0.1, 0.15) is 83.0 Å². The third kappa shape index (κ3) is 6.59. The quantitative estimate of drug-likeness (QED) is 0.322. The lowest BCUT2D eigenvalue weighted by atomic mass is 9.75. The zero-order valence-electron chi connectivity index (χ0n) is 26.6. The van der Waals surface area contributed by atoms with Gasteiger partial charge in [0, 0.05) is 18.8 Å². The largest absolute Gasteiger partial charge is 0.493 e. The van der Waals surface area contributed by atoms with Gasteiger partial charge in [0.2, 0.25) is 0 Å². The Labute approximate surface area is 273 Å². The number of rotatable bonds is 7. The van der Waals surface area contributed by atoms with Gasteiger partial charge in [-0.2, -0.15) is 18.4 Å². The summed E-state index contributed by atoms with van der Waals surface area (Å²) in [4.78, 5) is 34.8. The molecule has 3 heterocycles. The lowest BCUT2D eigenvalue weighted by Gasteiger charge is -2.44. The molecule has 2 amide bonds. The Kier molecular flexibility index (Phi) is 9.42. The Morgan fingerprint density at radius 1 is 1.15 bits per heavy atom. The van der Waals surface area contributed by atoms with E-state index in [1.807, 2.05) is 50.8 Å². The second-order valence-corrected chi connectivity index (χ2v) is 13.6. The minimum atomic E-state index is -4.81. The van der Waals surface area contributed by atoms with Gasteiger partial charge in [-0.15, -0.1) is 12.6 Å². The molecule has 1 saturated carbocycles. The summed E-state index contributed by atoms with van der Waals surface area (Å²) in [5.41, 5.74) is -2.66. The maximum absolute atomic E-state index is 13.9. The fourth-order valence-electron chi connectivity index (χ4n) is 6.46. The molecule has 46 heavy (non-hydrogen) atoms. The average Bonchev–Trinajstić information content (AvgIpc) is 3.22. The molecule has 0 bridgehead atoms. The van der Waals surface area contributed by atoms with Crippen LogP contribution in [0, 0.1) is 17.2 Å². The third-order valence-corrected chi connectivity index (χ3v) is 9.50. The normalized spacial score (nSPS) is 20.1. The summed E-state index contributed by atoms with van der Waals surface area (Å²) in [6.45, 7) is 9.42. The van der Waals surface area contributed by atoms with E-state index < -0.39 is 34.1 Å². The Bertz CT molecular complexity index is 1510. The number of amides is 2. The fourth-order valence-corrected chi connectivity index (χ4v) is 7.05. The number of hydrogen-bond acceptors (Lipinski definition) is 8. The summed E-state index contributed by atoms with van der Waals surface area (Å²) in [6, 6.07) is 8.00. The van der Waals surface area contributed by atoms with Crippen molar-refractivity contribution in [2.45, 2.75) is 95.5 Å². The Hall–Kier alpha value is -3.66. The highest BCUT2D eigenvalue weighted by Crippen LogP contribution is 2.51. The molecule has 0 N–H and O–H groups in total. The third-order valence-electron chi connectivity index (χ3n) is 9.04. The zero-order valence-corrected chi connectivity index (χ0v) is 27.5. The van der Waals surface area contributed by atoms with Crippen LogP contribution in [-0.2, 0) is 22.1 Å². The maximum atomic E-state index is 13.9. The minimum absolute atomic E-state index is 0.0577. The second kappa shape index (κ2) is 12.9. The molecule has 0 radical (unpaired) electrons. The second-order valence-electron chi connectivity index (χ2n) is 13.2. The Morgan fingerprint density at radius 2 is 1.85 bits per heavy atom. The van der Waals surface area contributed by atoms with Crippen molar-refractivity contribution in [2.24, 2.45) is 5.92 Å². The van der Waals surface area contributed by atoms with Gasteiger partial charge in [0.1, 0.15) is 23.0 Å². The SMILES string of the molecule is CCc1cc(N2C(S)N(c3cnc(C#N)c(C(F)(F)F)c3)C(=O)C23CCC3)ccc1OCCC1CCN(C(=O)OC(C)(C)C)CC1. The van der Waals surface area contributed by atoms with Crippen molar-refractivity contribution >= 4 is 36.0 Å². The summed E-state index contributed by atoms with van der Waals surface area (Å²) in [6.07, 6.45) is 1.21. The molecule has 2 aliphatic heterocycles. The van der Waals surface area contributed by atoms with E-state index in [2.05, 4.69) is 4.98 Å². The first-order chi connectivity index (χ1) is 21.7. The predicted molar refractivity (Wildman–Crippen MR) is 170 cm³/mol. The summed E-state index contributed by atoms with van der Waals surface area (Å²) in [5.74, 6) is 0.835. The van der Waals surface area contributed by atoms with Gasteiger partial charge in [0.15, 0.2) is 11.2 Å². The van der Waals surface area contributed by atoms with Crippen molar-refractivity contribution < 1.29 is 32.2 Å².